The first-order chi connectivity index (χ1) is 12.4. The summed E-state index contributed by atoms with van der Waals surface area (Å²) in [4.78, 5) is 37.2. The quantitative estimate of drug-likeness (QED) is 0.873. The van der Waals surface area contributed by atoms with E-state index in [2.05, 4.69) is 9.97 Å². The molecule has 142 valence electrons. The maximum Gasteiger partial charge on any atom is 0.239 e. The summed E-state index contributed by atoms with van der Waals surface area (Å²) in [6.45, 7) is 6.56. The van der Waals surface area contributed by atoms with Crippen molar-refractivity contribution in [3.8, 4) is 0 Å². The smallest absolute Gasteiger partial charge is 0.239 e. The molecule has 3 rings (SSSR count). The molecule has 1 aromatic heterocycles. The van der Waals surface area contributed by atoms with Gasteiger partial charge in [0, 0.05) is 32.3 Å². The lowest BCUT2D eigenvalue weighted by Gasteiger charge is -2.47. The van der Waals surface area contributed by atoms with Crippen LogP contribution in [0.15, 0.2) is 12.4 Å². The number of likely N-dealkylation sites (tertiary alicyclic amines) is 2. The molecule has 1 atom stereocenters. The van der Waals surface area contributed by atoms with E-state index in [1.54, 1.807) is 12.4 Å². The average Bonchev–Trinajstić information content (AvgIpc) is 2.66. The SMILES string of the molecule is CCC(N)C(=O)N1CCC2(CCC(=O)N(Cc3cnc(C)cn3)C2)CC1. The van der Waals surface area contributed by atoms with Gasteiger partial charge in [0.25, 0.3) is 0 Å². The highest BCUT2D eigenvalue weighted by Gasteiger charge is 2.42. The van der Waals surface area contributed by atoms with Crippen LogP contribution in [0.4, 0.5) is 0 Å². The van der Waals surface area contributed by atoms with Gasteiger partial charge in [-0.1, -0.05) is 6.92 Å². The monoisotopic (exact) mass is 359 g/mol. The zero-order valence-electron chi connectivity index (χ0n) is 15.8. The molecule has 2 N–H and O–H groups in total. The van der Waals surface area contributed by atoms with Crippen LogP contribution in [0, 0.1) is 12.3 Å². The van der Waals surface area contributed by atoms with E-state index in [1.807, 2.05) is 23.6 Å². The van der Waals surface area contributed by atoms with E-state index in [-0.39, 0.29) is 17.2 Å². The van der Waals surface area contributed by atoms with Crippen LogP contribution < -0.4 is 5.73 Å². The predicted octanol–water partition coefficient (Wildman–Crippen LogP) is 1.25. The summed E-state index contributed by atoms with van der Waals surface area (Å²) >= 11 is 0. The first-order valence-corrected chi connectivity index (χ1v) is 9.52. The van der Waals surface area contributed by atoms with Crippen LogP contribution in [0.1, 0.15) is 50.4 Å². The van der Waals surface area contributed by atoms with Crippen LogP contribution >= 0.6 is 0 Å². The number of piperidine rings is 2. The molecule has 26 heavy (non-hydrogen) atoms. The predicted molar refractivity (Wildman–Crippen MR) is 97.9 cm³/mol. The Kier molecular flexibility index (Phi) is 5.55. The third kappa shape index (κ3) is 4.03. The molecule has 7 heteroatoms. The van der Waals surface area contributed by atoms with Gasteiger partial charge in [0.2, 0.25) is 11.8 Å². The van der Waals surface area contributed by atoms with E-state index in [1.165, 1.54) is 0 Å². The summed E-state index contributed by atoms with van der Waals surface area (Å²) < 4.78 is 0. The molecule has 0 bridgehead atoms. The first-order valence-electron chi connectivity index (χ1n) is 9.52. The van der Waals surface area contributed by atoms with E-state index < -0.39 is 6.04 Å². The van der Waals surface area contributed by atoms with Crippen LogP contribution in [-0.2, 0) is 16.1 Å². The topological polar surface area (TPSA) is 92.4 Å². The number of carbonyl (C=O) groups is 2. The number of aryl methyl sites for hydroxylation is 1. The van der Waals surface area contributed by atoms with E-state index in [4.69, 9.17) is 5.73 Å². The minimum atomic E-state index is -0.395. The van der Waals surface area contributed by atoms with Crippen LogP contribution in [-0.4, -0.2) is 57.3 Å². The largest absolute Gasteiger partial charge is 0.341 e. The van der Waals surface area contributed by atoms with Crippen molar-refractivity contribution in [1.82, 2.24) is 19.8 Å². The molecule has 1 aromatic rings. The van der Waals surface area contributed by atoms with Crippen LogP contribution in [0.2, 0.25) is 0 Å². The van der Waals surface area contributed by atoms with Crippen molar-refractivity contribution < 1.29 is 9.59 Å². The lowest BCUT2D eigenvalue weighted by molar-refractivity contribution is -0.143. The van der Waals surface area contributed by atoms with Crippen LogP contribution in [0.5, 0.6) is 0 Å². The number of hydrogen-bond donors (Lipinski definition) is 1. The van der Waals surface area contributed by atoms with Crippen LogP contribution in [0.25, 0.3) is 0 Å². The highest BCUT2D eigenvalue weighted by atomic mass is 16.2. The summed E-state index contributed by atoms with van der Waals surface area (Å²) in [5, 5.41) is 0. The number of nitrogens with zero attached hydrogens (tertiary/aromatic N) is 4. The lowest BCUT2D eigenvalue weighted by atomic mass is 9.72. The highest BCUT2D eigenvalue weighted by Crippen LogP contribution is 2.40. The molecule has 2 saturated heterocycles. The molecule has 1 unspecified atom stereocenters. The number of carbonyl (C=O) groups excluding carboxylic acids is 2. The molecular formula is C19H29N5O2. The molecule has 2 amide bonds. The number of amides is 2. The van der Waals surface area contributed by atoms with E-state index in [9.17, 15) is 9.59 Å². The van der Waals surface area contributed by atoms with Crippen molar-refractivity contribution in [3.05, 3.63) is 23.8 Å². The average molecular weight is 359 g/mol. The third-order valence-corrected chi connectivity index (χ3v) is 5.83. The number of rotatable bonds is 4. The van der Waals surface area contributed by atoms with E-state index >= 15 is 0 Å². The fourth-order valence-electron chi connectivity index (χ4n) is 3.96. The Balaban J connectivity index is 1.62. The first kappa shape index (κ1) is 18.8. The minimum Gasteiger partial charge on any atom is -0.341 e. The van der Waals surface area contributed by atoms with Gasteiger partial charge in [-0.3, -0.25) is 19.6 Å². The Morgan fingerprint density at radius 3 is 2.62 bits per heavy atom. The third-order valence-electron chi connectivity index (χ3n) is 5.83. The Labute approximate surface area is 155 Å². The van der Waals surface area contributed by atoms with Gasteiger partial charge >= 0.3 is 0 Å². The second kappa shape index (κ2) is 7.70. The van der Waals surface area contributed by atoms with Gasteiger partial charge in [-0.2, -0.15) is 0 Å². The van der Waals surface area contributed by atoms with Gasteiger partial charge in [0.05, 0.1) is 30.2 Å². The van der Waals surface area contributed by atoms with Gasteiger partial charge < -0.3 is 15.5 Å². The van der Waals surface area contributed by atoms with Crippen LogP contribution in [0.3, 0.4) is 0 Å². The Morgan fingerprint density at radius 2 is 2.00 bits per heavy atom. The zero-order valence-corrected chi connectivity index (χ0v) is 15.8. The molecular weight excluding hydrogens is 330 g/mol. The summed E-state index contributed by atoms with van der Waals surface area (Å²) in [5.74, 6) is 0.241. The molecule has 2 fully saturated rings. The summed E-state index contributed by atoms with van der Waals surface area (Å²) in [5.41, 5.74) is 7.70. The van der Waals surface area contributed by atoms with Gasteiger partial charge in [-0.15, -0.1) is 0 Å². The standard InChI is InChI=1S/C19H29N5O2/c1-3-16(20)18(26)23-8-6-19(7-9-23)5-4-17(25)24(13-19)12-15-11-21-14(2)10-22-15/h10-11,16H,3-9,12-13,20H2,1-2H3. The molecule has 1 spiro atoms. The van der Waals surface area contributed by atoms with Gasteiger partial charge in [-0.25, -0.2) is 0 Å². The summed E-state index contributed by atoms with van der Waals surface area (Å²) in [7, 11) is 0. The van der Waals surface area contributed by atoms with Crippen molar-refractivity contribution in [2.24, 2.45) is 11.1 Å². The molecule has 0 aliphatic carbocycles. The molecule has 0 saturated carbocycles. The van der Waals surface area contributed by atoms with Gasteiger partial charge in [-0.05, 0) is 38.0 Å². The lowest BCUT2D eigenvalue weighted by Crippen LogP contribution is -2.54. The molecule has 0 aromatic carbocycles. The zero-order chi connectivity index (χ0) is 18.7. The van der Waals surface area contributed by atoms with E-state index in [0.29, 0.717) is 19.4 Å². The second-order valence-electron chi connectivity index (χ2n) is 7.74. The molecule has 3 heterocycles. The van der Waals surface area contributed by atoms with Crippen molar-refractivity contribution in [1.29, 1.82) is 0 Å². The summed E-state index contributed by atoms with van der Waals surface area (Å²) in [6, 6.07) is -0.395. The van der Waals surface area contributed by atoms with Crippen molar-refractivity contribution in [3.63, 3.8) is 0 Å². The highest BCUT2D eigenvalue weighted by molar-refractivity contribution is 5.81. The molecule has 0 radical (unpaired) electrons. The fraction of sp³-hybridized carbons (Fsp3) is 0.684. The van der Waals surface area contributed by atoms with Crippen molar-refractivity contribution in [2.75, 3.05) is 19.6 Å². The number of hydrogen-bond acceptors (Lipinski definition) is 5. The molecule has 7 nitrogen and oxygen atoms in total. The van der Waals surface area contributed by atoms with Crippen molar-refractivity contribution in [2.45, 2.75) is 58.5 Å². The Bertz CT molecular complexity index is 652. The van der Waals surface area contributed by atoms with Gasteiger partial charge in [0.1, 0.15) is 0 Å². The maximum atomic E-state index is 12.4. The normalized spacial score (nSPS) is 21.1. The molecule has 2 aliphatic heterocycles. The Hall–Kier alpha value is -2.02. The second-order valence-corrected chi connectivity index (χ2v) is 7.74. The molecule has 2 aliphatic rings. The van der Waals surface area contributed by atoms with E-state index in [0.717, 1.165) is 50.3 Å². The minimum absolute atomic E-state index is 0.0565. The van der Waals surface area contributed by atoms with Crippen molar-refractivity contribution >= 4 is 11.8 Å². The number of nitrogens with two attached hydrogens (primary N) is 1. The van der Waals surface area contributed by atoms with Gasteiger partial charge in [0.15, 0.2) is 0 Å². The number of aromatic nitrogens is 2. The Morgan fingerprint density at radius 1 is 1.27 bits per heavy atom. The maximum absolute atomic E-state index is 12.4. The summed E-state index contributed by atoms with van der Waals surface area (Å²) in [6.07, 6.45) is 7.49. The fourth-order valence-corrected chi connectivity index (χ4v) is 3.96.